The van der Waals surface area contributed by atoms with Crippen molar-refractivity contribution in [2.45, 2.75) is 44.1 Å². The third kappa shape index (κ3) is 1.05. The molecule has 2 aliphatic rings. The number of amides is 1. The van der Waals surface area contributed by atoms with Gasteiger partial charge in [0.2, 0.25) is 5.91 Å². The Kier molecular flexibility index (Phi) is 1.78. The topological polar surface area (TPSA) is 29.1 Å². The molecule has 1 spiro atoms. The number of carbonyl (C=O) groups is 1. The second-order valence-corrected chi connectivity index (χ2v) is 5.59. The number of fused-ring (bicyclic) bond motifs is 2. The van der Waals surface area contributed by atoms with Gasteiger partial charge in [0.1, 0.15) is 0 Å². The van der Waals surface area contributed by atoms with Gasteiger partial charge in [-0.1, -0.05) is 24.3 Å². The second-order valence-electron chi connectivity index (χ2n) is 5.59. The van der Waals surface area contributed by atoms with Crippen molar-refractivity contribution < 1.29 is 4.79 Å². The Morgan fingerprint density at radius 1 is 1.25 bits per heavy atom. The Morgan fingerprint density at radius 3 is 2.69 bits per heavy atom. The lowest BCUT2D eigenvalue weighted by Crippen LogP contribution is -2.48. The Morgan fingerprint density at radius 2 is 2.00 bits per heavy atom. The van der Waals surface area contributed by atoms with E-state index in [1.165, 1.54) is 11.1 Å². The maximum Gasteiger partial charge on any atom is 0.221 e. The van der Waals surface area contributed by atoms with Gasteiger partial charge in [-0.25, -0.2) is 0 Å². The van der Waals surface area contributed by atoms with Gasteiger partial charge < -0.3 is 5.32 Å². The van der Waals surface area contributed by atoms with Crippen LogP contribution >= 0.6 is 0 Å². The second kappa shape index (κ2) is 2.88. The predicted octanol–water partition coefficient (Wildman–Crippen LogP) is 2.17. The number of carbonyl (C=O) groups excluding carboxylic acids is 1. The van der Waals surface area contributed by atoms with Gasteiger partial charge in [-0.3, -0.25) is 4.79 Å². The third-order valence-electron chi connectivity index (χ3n) is 4.46. The van der Waals surface area contributed by atoms with Gasteiger partial charge in [-0.15, -0.1) is 0 Å². The fraction of sp³-hybridized carbons (Fsp3) is 0.500. The summed E-state index contributed by atoms with van der Waals surface area (Å²) in [6, 6.07) is 8.58. The van der Waals surface area contributed by atoms with Gasteiger partial charge in [-0.05, 0) is 37.8 Å². The summed E-state index contributed by atoms with van der Waals surface area (Å²) >= 11 is 0. The first-order chi connectivity index (χ1) is 7.55. The Balaban J connectivity index is 2.18. The molecule has 84 valence electrons. The van der Waals surface area contributed by atoms with Crippen molar-refractivity contribution in [1.29, 1.82) is 0 Å². The average molecular weight is 215 g/mol. The van der Waals surface area contributed by atoms with Crippen LogP contribution in [-0.2, 0) is 16.6 Å². The van der Waals surface area contributed by atoms with Crippen molar-refractivity contribution >= 4 is 5.91 Å². The molecular formula is C14H17NO. The van der Waals surface area contributed by atoms with Crippen LogP contribution in [0.25, 0.3) is 0 Å². The van der Waals surface area contributed by atoms with E-state index in [-0.39, 0.29) is 16.9 Å². The highest BCUT2D eigenvalue weighted by atomic mass is 16.2. The molecule has 1 saturated heterocycles. The molecule has 1 amide bonds. The van der Waals surface area contributed by atoms with Crippen LogP contribution < -0.4 is 5.32 Å². The lowest BCUT2D eigenvalue weighted by molar-refractivity contribution is -0.119. The summed E-state index contributed by atoms with van der Waals surface area (Å²) in [7, 11) is 0. The summed E-state index contributed by atoms with van der Waals surface area (Å²) in [5.41, 5.74) is 2.72. The number of hydrogen-bond donors (Lipinski definition) is 1. The number of rotatable bonds is 0. The third-order valence-corrected chi connectivity index (χ3v) is 4.46. The zero-order valence-electron chi connectivity index (χ0n) is 9.84. The largest absolute Gasteiger partial charge is 0.350 e. The standard InChI is InChI=1S/C14H17NO/c1-13(2)14(9-12(16)15-13)8-7-10-5-3-4-6-11(10)14/h3-6H,7-9H2,1-2H3,(H,15,16). The Labute approximate surface area is 96.1 Å². The van der Waals surface area contributed by atoms with Gasteiger partial charge in [0.25, 0.3) is 0 Å². The molecule has 1 fully saturated rings. The normalized spacial score (nSPS) is 30.5. The van der Waals surface area contributed by atoms with Crippen LogP contribution in [0.5, 0.6) is 0 Å². The van der Waals surface area contributed by atoms with E-state index in [1.807, 2.05) is 0 Å². The molecule has 1 aromatic carbocycles. The van der Waals surface area contributed by atoms with E-state index in [9.17, 15) is 4.79 Å². The van der Waals surface area contributed by atoms with Crippen LogP contribution in [0.3, 0.4) is 0 Å². The lowest BCUT2D eigenvalue weighted by Gasteiger charge is -2.38. The monoisotopic (exact) mass is 215 g/mol. The summed E-state index contributed by atoms with van der Waals surface area (Å²) in [5.74, 6) is 0.196. The van der Waals surface area contributed by atoms with Gasteiger partial charge in [0.15, 0.2) is 0 Å². The molecule has 2 heteroatoms. The van der Waals surface area contributed by atoms with Crippen LogP contribution in [0.1, 0.15) is 37.8 Å². The molecule has 0 radical (unpaired) electrons. The minimum Gasteiger partial charge on any atom is -0.350 e. The molecule has 1 aromatic rings. The van der Waals surface area contributed by atoms with Crippen molar-refractivity contribution in [3.05, 3.63) is 35.4 Å². The van der Waals surface area contributed by atoms with Crippen molar-refractivity contribution in [2.24, 2.45) is 0 Å². The lowest BCUT2D eigenvalue weighted by atomic mass is 9.68. The first kappa shape index (κ1) is 9.88. The van der Waals surface area contributed by atoms with E-state index in [2.05, 4.69) is 43.4 Å². The van der Waals surface area contributed by atoms with Crippen molar-refractivity contribution in [3.8, 4) is 0 Å². The highest BCUT2D eigenvalue weighted by Crippen LogP contribution is 2.51. The van der Waals surface area contributed by atoms with E-state index >= 15 is 0 Å². The first-order valence-corrected chi connectivity index (χ1v) is 5.95. The van der Waals surface area contributed by atoms with Crippen molar-refractivity contribution in [2.75, 3.05) is 0 Å². The summed E-state index contributed by atoms with van der Waals surface area (Å²) < 4.78 is 0. The van der Waals surface area contributed by atoms with Gasteiger partial charge in [0.05, 0.1) is 0 Å². The van der Waals surface area contributed by atoms with Crippen LogP contribution in [0.4, 0.5) is 0 Å². The van der Waals surface area contributed by atoms with E-state index in [0.29, 0.717) is 6.42 Å². The van der Waals surface area contributed by atoms with Crippen LogP contribution in [-0.4, -0.2) is 11.4 Å². The molecule has 0 saturated carbocycles. The molecule has 1 unspecified atom stereocenters. The van der Waals surface area contributed by atoms with Crippen LogP contribution in [0.2, 0.25) is 0 Å². The molecule has 1 atom stereocenters. The molecule has 16 heavy (non-hydrogen) atoms. The zero-order valence-corrected chi connectivity index (χ0v) is 9.84. The Bertz CT molecular complexity index is 464. The molecular weight excluding hydrogens is 198 g/mol. The average Bonchev–Trinajstić information content (AvgIpc) is 2.68. The summed E-state index contributed by atoms with van der Waals surface area (Å²) in [6.07, 6.45) is 2.85. The van der Waals surface area contributed by atoms with Crippen LogP contribution in [0.15, 0.2) is 24.3 Å². The first-order valence-electron chi connectivity index (χ1n) is 5.95. The number of benzene rings is 1. The highest BCUT2D eigenvalue weighted by molar-refractivity contribution is 5.83. The quantitative estimate of drug-likeness (QED) is 0.706. The molecule has 0 bridgehead atoms. The molecule has 3 rings (SSSR count). The van der Waals surface area contributed by atoms with Gasteiger partial charge >= 0.3 is 0 Å². The SMILES string of the molecule is CC1(C)NC(=O)CC12CCc1ccccc12. The fourth-order valence-corrected chi connectivity index (χ4v) is 3.53. The molecule has 1 aliphatic carbocycles. The van der Waals surface area contributed by atoms with Crippen molar-refractivity contribution in [3.63, 3.8) is 0 Å². The summed E-state index contributed by atoms with van der Waals surface area (Å²) in [4.78, 5) is 11.7. The maximum atomic E-state index is 11.7. The highest BCUT2D eigenvalue weighted by Gasteiger charge is 2.55. The Hall–Kier alpha value is -1.31. The minimum absolute atomic E-state index is 0.0284. The predicted molar refractivity (Wildman–Crippen MR) is 63.3 cm³/mol. The smallest absolute Gasteiger partial charge is 0.221 e. The van der Waals surface area contributed by atoms with E-state index < -0.39 is 0 Å². The van der Waals surface area contributed by atoms with E-state index in [0.717, 1.165) is 12.8 Å². The molecule has 1 N–H and O–H groups in total. The minimum atomic E-state index is -0.114. The molecule has 0 aromatic heterocycles. The molecule has 1 aliphatic heterocycles. The number of hydrogen-bond acceptors (Lipinski definition) is 1. The molecule has 2 nitrogen and oxygen atoms in total. The van der Waals surface area contributed by atoms with E-state index in [4.69, 9.17) is 0 Å². The summed E-state index contributed by atoms with van der Waals surface area (Å²) in [5, 5.41) is 3.13. The van der Waals surface area contributed by atoms with Gasteiger partial charge in [-0.2, -0.15) is 0 Å². The summed E-state index contributed by atoms with van der Waals surface area (Å²) in [6.45, 7) is 4.31. The molecule has 1 heterocycles. The number of aryl methyl sites for hydroxylation is 1. The van der Waals surface area contributed by atoms with Gasteiger partial charge in [0, 0.05) is 17.4 Å². The van der Waals surface area contributed by atoms with Crippen LogP contribution in [0, 0.1) is 0 Å². The zero-order chi connectivity index (χ0) is 11.4. The van der Waals surface area contributed by atoms with Crippen molar-refractivity contribution in [1.82, 2.24) is 5.32 Å². The fourth-order valence-electron chi connectivity index (χ4n) is 3.53. The maximum absolute atomic E-state index is 11.7. The van der Waals surface area contributed by atoms with E-state index in [1.54, 1.807) is 0 Å². The number of nitrogens with one attached hydrogen (secondary N) is 1.